The Hall–Kier alpha value is -1.96. The number of thiazole rings is 1. The van der Waals surface area contributed by atoms with Crippen LogP contribution in [0.3, 0.4) is 0 Å². The molecule has 2 N–H and O–H groups in total. The van der Waals surface area contributed by atoms with Gasteiger partial charge in [0.15, 0.2) is 15.6 Å². The van der Waals surface area contributed by atoms with Gasteiger partial charge in [-0.1, -0.05) is 41.7 Å². The summed E-state index contributed by atoms with van der Waals surface area (Å²) < 4.78 is 5.82. The number of rotatable bonds is 4. The average Bonchev–Trinajstić information content (AvgIpc) is 3.21. The molecule has 1 aliphatic rings. The number of hydrogen-bond acceptors (Lipinski definition) is 4. The molecule has 0 spiro atoms. The van der Waals surface area contributed by atoms with Crippen LogP contribution in [0.4, 0.5) is 5.13 Å². The lowest BCUT2D eigenvalue weighted by atomic mass is 10.1. The molecule has 1 unspecified atom stereocenters. The van der Waals surface area contributed by atoms with E-state index in [-0.39, 0.29) is 11.7 Å². The van der Waals surface area contributed by atoms with E-state index in [1.165, 1.54) is 15.3 Å². The number of fused-ring (bicyclic) bond motifs is 1. The van der Waals surface area contributed by atoms with Gasteiger partial charge in [0.1, 0.15) is 13.1 Å². The number of carbonyl (C=O) groups excluding carboxylic acids is 1. The second-order valence-corrected chi connectivity index (χ2v) is 7.90. The molecule has 7 heteroatoms. The van der Waals surface area contributed by atoms with Crippen LogP contribution in [0.15, 0.2) is 51.6 Å². The molecule has 3 aromatic rings. The van der Waals surface area contributed by atoms with Gasteiger partial charge in [-0.15, -0.1) is 0 Å². The highest BCUT2D eigenvalue weighted by molar-refractivity contribution is 9.10. The lowest BCUT2D eigenvalue weighted by Gasteiger charge is -2.22. The quantitative estimate of drug-likeness (QED) is 0.684. The molecule has 1 atom stereocenters. The molecule has 128 valence electrons. The van der Waals surface area contributed by atoms with E-state index in [0.717, 1.165) is 31.7 Å². The lowest BCUT2D eigenvalue weighted by Crippen LogP contribution is -3.10. The van der Waals surface area contributed by atoms with Gasteiger partial charge >= 0.3 is 0 Å². The predicted molar refractivity (Wildman–Crippen MR) is 99.9 cm³/mol. The van der Waals surface area contributed by atoms with Crippen LogP contribution < -0.4 is 10.2 Å². The Kier molecular flexibility index (Phi) is 4.70. The number of halogens is 1. The largest absolute Gasteiger partial charge is 0.444 e. The van der Waals surface area contributed by atoms with Gasteiger partial charge in [0.05, 0.1) is 17.1 Å². The van der Waals surface area contributed by atoms with Crippen molar-refractivity contribution in [2.24, 2.45) is 0 Å². The molecule has 0 radical (unpaired) electrons. The maximum atomic E-state index is 12.2. The zero-order chi connectivity index (χ0) is 17.2. The molecule has 0 saturated heterocycles. The highest BCUT2D eigenvalue weighted by Crippen LogP contribution is 2.25. The van der Waals surface area contributed by atoms with Crippen LogP contribution in [0.1, 0.15) is 26.7 Å². The fourth-order valence-electron chi connectivity index (χ4n) is 3.01. The third-order valence-corrected chi connectivity index (χ3v) is 5.66. The average molecular weight is 419 g/mol. The summed E-state index contributed by atoms with van der Waals surface area (Å²) in [6, 6.07) is 13.9. The van der Waals surface area contributed by atoms with Crippen molar-refractivity contribution in [3.63, 3.8) is 0 Å². The second-order valence-electron chi connectivity index (χ2n) is 6.04. The first-order valence-electron chi connectivity index (χ1n) is 8.10. The standard InChI is InChI=1S/C18H16BrN3O2S/c19-16-7-6-14(24-16)17(23)21-18-20-13-8-9-22(11-15(13)25-18)10-12-4-2-1-3-5-12/h1-7H,8-11H2,(H,20,21,23)/p+1. The fraction of sp³-hybridized carbons (Fsp3) is 0.222. The van der Waals surface area contributed by atoms with E-state index in [9.17, 15) is 4.79 Å². The number of hydrogen-bond donors (Lipinski definition) is 2. The maximum absolute atomic E-state index is 12.2. The molecule has 25 heavy (non-hydrogen) atoms. The first-order chi connectivity index (χ1) is 12.2. The normalized spacial score (nSPS) is 16.4. The summed E-state index contributed by atoms with van der Waals surface area (Å²) in [6.07, 6.45) is 0.941. The molecule has 1 aliphatic heterocycles. The summed E-state index contributed by atoms with van der Waals surface area (Å²) in [6.45, 7) is 3.02. The number of furan rings is 1. The van der Waals surface area contributed by atoms with Gasteiger partial charge in [-0.05, 0) is 28.1 Å². The molecule has 1 amide bonds. The number of anilines is 1. The monoisotopic (exact) mass is 418 g/mol. The van der Waals surface area contributed by atoms with E-state index in [1.807, 2.05) is 6.07 Å². The molecule has 2 aromatic heterocycles. The van der Waals surface area contributed by atoms with E-state index in [4.69, 9.17) is 4.42 Å². The highest BCUT2D eigenvalue weighted by Gasteiger charge is 2.24. The van der Waals surface area contributed by atoms with Gasteiger partial charge in [-0.25, -0.2) is 4.98 Å². The fourth-order valence-corrected chi connectivity index (χ4v) is 4.39. The summed E-state index contributed by atoms with van der Waals surface area (Å²) in [5.41, 5.74) is 2.46. The minimum absolute atomic E-state index is 0.273. The number of aromatic nitrogens is 1. The highest BCUT2D eigenvalue weighted by atomic mass is 79.9. The molecule has 0 bridgehead atoms. The molecule has 0 aliphatic carbocycles. The number of carbonyl (C=O) groups is 1. The van der Waals surface area contributed by atoms with E-state index >= 15 is 0 Å². The molecular weight excluding hydrogens is 402 g/mol. The molecule has 1 aromatic carbocycles. The van der Waals surface area contributed by atoms with Crippen molar-refractivity contribution in [1.82, 2.24) is 4.98 Å². The first kappa shape index (κ1) is 16.5. The number of quaternary nitrogens is 1. The van der Waals surface area contributed by atoms with Gasteiger partial charge in [0.25, 0.3) is 5.91 Å². The first-order valence-corrected chi connectivity index (χ1v) is 9.71. The van der Waals surface area contributed by atoms with Crippen molar-refractivity contribution in [3.8, 4) is 0 Å². The Morgan fingerprint density at radius 3 is 2.88 bits per heavy atom. The third kappa shape index (κ3) is 3.84. The van der Waals surface area contributed by atoms with E-state index < -0.39 is 0 Å². The van der Waals surface area contributed by atoms with Crippen molar-refractivity contribution in [2.45, 2.75) is 19.5 Å². The SMILES string of the molecule is O=C(Nc1nc2c(s1)C[NH+](Cc1ccccc1)CC2)c1ccc(Br)o1. The van der Waals surface area contributed by atoms with Gasteiger partial charge in [0, 0.05) is 12.0 Å². The number of benzene rings is 1. The topological polar surface area (TPSA) is 59.6 Å². The van der Waals surface area contributed by atoms with Crippen molar-refractivity contribution in [2.75, 3.05) is 11.9 Å². The summed E-state index contributed by atoms with van der Waals surface area (Å²) in [4.78, 5) is 19.5. The van der Waals surface area contributed by atoms with E-state index in [2.05, 4.69) is 50.5 Å². The smallest absolute Gasteiger partial charge is 0.293 e. The second kappa shape index (κ2) is 7.11. The lowest BCUT2D eigenvalue weighted by molar-refractivity contribution is -0.929. The van der Waals surface area contributed by atoms with Crippen molar-refractivity contribution in [1.29, 1.82) is 0 Å². The summed E-state index contributed by atoms with van der Waals surface area (Å²) in [7, 11) is 0. The number of nitrogens with one attached hydrogen (secondary N) is 2. The Balaban J connectivity index is 1.43. The van der Waals surface area contributed by atoms with Crippen LogP contribution in [0.5, 0.6) is 0 Å². The van der Waals surface area contributed by atoms with Crippen LogP contribution in [-0.2, 0) is 19.5 Å². The Morgan fingerprint density at radius 2 is 2.12 bits per heavy atom. The molecule has 0 fully saturated rings. The van der Waals surface area contributed by atoms with E-state index in [1.54, 1.807) is 23.5 Å². The maximum Gasteiger partial charge on any atom is 0.293 e. The number of amides is 1. The molecule has 0 saturated carbocycles. The van der Waals surface area contributed by atoms with E-state index in [0.29, 0.717) is 9.80 Å². The van der Waals surface area contributed by atoms with Gasteiger partial charge < -0.3 is 9.32 Å². The third-order valence-electron chi connectivity index (χ3n) is 4.22. The zero-order valence-corrected chi connectivity index (χ0v) is 15.8. The van der Waals surface area contributed by atoms with Crippen molar-refractivity contribution < 1.29 is 14.1 Å². The van der Waals surface area contributed by atoms with Gasteiger partial charge in [-0.2, -0.15) is 0 Å². The van der Waals surface area contributed by atoms with Crippen LogP contribution >= 0.6 is 27.3 Å². The Labute approximate surface area is 157 Å². The Morgan fingerprint density at radius 1 is 1.28 bits per heavy atom. The zero-order valence-electron chi connectivity index (χ0n) is 13.4. The van der Waals surface area contributed by atoms with Crippen LogP contribution in [0.2, 0.25) is 0 Å². The molecule has 3 heterocycles. The summed E-state index contributed by atoms with van der Waals surface area (Å²) in [5, 5.41) is 3.48. The van der Waals surface area contributed by atoms with Crippen LogP contribution in [-0.4, -0.2) is 17.4 Å². The number of nitrogens with zero attached hydrogens (tertiary/aromatic N) is 1. The summed E-state index contributed by atoms with van der Waals surface area (Å²) >= 11 is 4.77. The minimum Gasteiger partial charge on any atom is -0.444 e. The van der Waals surface area contributed by atoms with Crippen molar-refractivity contribution >= 4 is 38.3 Å². The molecule has 4 rings (SSSR count). The van der Waals surface area contributed by atoms with Gasteiger partial charge in [-0.3, -0.25) is 10.1 Å². The minimum atomic E-state index is -0.273. The predicted octanol–water partition coefficient (Wildman–Crippen LogP) is 2.89. The Bertz CT molecular complexity index is 891. The van der Waals surface area contributed by atoms with Crippen LogP contribution in [0, 0.1) is 0 Å². The summed E-state index contributed by atoms with van der Waals surface area (Å²) in [5.74, 6) is 0.00154. The molecular formula is C18H17BrN3O2S+. The van der Waals surface area contributed by atoms with Gasteiger partial charge in [0.2, 0.25) is 0 Å². The van der Waals surface area contributed by atoms with Crippen molar-refractivity contribution in [3.05, 3.63) is 69.0 Å². The van der Waals surface area contributed by atoms with Crippen LogP contribution in [0.25, 0.3) is 0 Å². The molecule has 5 nitrogen and oxygen atoms in total.